The van der Waals surface area contributed by atoms with Gasteiger partial charge in [0.15, 0.2) is 0 Å². The molecule has 1 unspecified atom stereocenters. The number of benzene rings is 2. The number of hydrogen-bond acceptors (Lipinski definition) is 2. The van der Waals surface area contributed by atoms with Crippen LogP contribution in [0.4, 0.5) is 13.2 Å². The SMILES string of the molecule is CCC(NC(=O)c1cccc(C(F)(F)F)c1)c1ccc(OC)cc1. The number of methoxy groups -OCH3 is 1. The molecule has 2 aromatic rings. The van der Waals surface area contributed by atoms with Gasteiger partial charge in [-0.05, 0) is 42.3 Å². The normalized spacial score (nSPS) is 12.5. The number of halogens is 3. The van der Waals surface area contributed by atoms with Gasteiger partial charge >= 0.3 is 6.18 Å². The van der Waals surface area contributed by atoms with Crippen molar-refractivity contribution in [3.05, 3.63) is 65.2 Å². The molecule has 1 atom stereocenters. The van der Waals surface area contributed by atoms with Crippen LogP contribution in [-0.2, 0) is 6.18 Å². The molecule has 24 heavy (non-hydrogen) atoms. The van der Waals surface area contributed by atoms with Crippen LogP contribution in [0.3, 0.4) is 0 Å². The summed E-state index contributed by atoms with van der Waals surface area (Å²) in [5.41, 5.74) is 0.00283. The molecule has 0 fully saturated rings. The molecule has 0 aromatic heterocycles. The lowest BCUT2D eigenvalue weighted by Crippen LogP contribution is -2.28. The van der Waals surface area contributed by atoms with E-state index in [1.54, 1.807) is 19.2 Å². The number of alkyl halides is 3. The topological polar surface area (TPSA) is 38.3 Å². The molecule has 3 nitrogen and oxygen atoms in total. The van der Waals surface area contributed by atoms with Crippen molar-refractivity contribution in [2.45, 2.75) is 25.6 Å². The fourth-order valence-corrected chi connectivity index (χ4v) is 2.34. The van der Waals surface area contributed by atoms with Gasteiger partial charge < -0.3 is 10.1 Å². The Bertz CT molecular complexity index is 696. The first-order valence-electron chi connectivity index (χ1n) is 7.47. The molecule has 0 radical (unpaired) electrons. The summed E-state index contributed by atoms with van der Waals surface area (Å²) < 4.78 is 43.3. The molecule has 2 aromatic carbocycles. The highest BCUT2D eigenvalue weighted by Crippen LogP contribution is 2.29. The lowest BCUT2D eigenvalue weighted by Gasteiger charge is -2.18. The molecule has 0 aliphatic rings. The molecule has 0 aliphatic carbocycles. The van der Waals surface area contributed by atoms with Gasteiger partial charge in [0.2, 0.25) is 0 Å². The summed E-state index contributed by atoms with van der Waals surface area (Å²) in [5.74, 6) is 0.154. The Morgan fingerprint density at radius 3 is 2.38 bits per heavy atom. The minimum atomic E-state index is -4.48. The van der Waals surface area contributed by atoms with Gasteiger partial charge in [0.25, 0.3) is 5.91 Å². The minimum Gasteiger partial charge on any atom is -0.497 e. The zero-order chi connectivity index (χ0) is 17.7. The molecule has 1 N–H and O–H groups in total. The molecule has 128 valence electrons. The third-order valence-electron chi connectivity index (χ3n) is 3.68. The van der Waals surface area contributed by atoms with Crippen LogP contribution >= 0.6 is 0 Å². The Balaban J connectivity index is 2.17. The predicted octanol–water partition coefficient (Wildman–Crippen LogP) is 4.60. The Morgan fingerprint density at radius 2 is 1.83 bits per heavy atom. The van der Waals surface area contributed by atoms with Crippen LogP contribution in [0.5, 0.6) is 5.75 Å². The van der Waals surface area contributed by atoms with E-state index in [-0.39, 0.29) is 11.6 Å². The van der Waals surface area contributed by atoms with E-state index in [0.29, 0.717) is 12.2 Å². The second kappa shape index (κ2) is 7.38. The zero-order valence-electron chi connectivity index (χ0n) is 13.4. The van der Waals surface area contributed by atoms with Crippen LogP contribution in [0.15, 0.2) is 48.5 Å². The Hall–Kier alpha value is -2.50. The van der Waals surface area contributed by atoms with E-state index < -0.39 is 17.6 Å². The van der Waals surface area contributed by atoms with E-state index in [4.69, 9.17) is 4.74 Å². The average molecular weight is 337 g/mol. The van der Waals surface area contributed by atoms with E-state index in [9.17, 15) is 18.0 Å². The molecule has 0 heterocycles. The molecule has 0 saturated heterocycles. The number of rotatable bonds is 5. The molecular weight excluding hydrogens is 319 g/mol. The lowest BCUT2D eigenvalue weighted by atomic mass is 10.0. The summed E-state index contributed by atoms with van der Waals surface area (Å²) >= 11 is 0. The summed E-state index contributed by atoms with van der Waals surface area (Å²) in [6, 6.07) is 11.3. The van der Waals surface area contributed by atoms with Gasteiger partial charge in [0, 0.05) is 5.56 Å². The van der Waals surface area contributed by atoms with Crippen LogP contribution in [-0.4, -0.2) is 13.0 Å². The summed E-state index contributed by atoms with van der Waals surface area (Å²) in [6.45, 7) is 1.89. The second-order valence-electron chi connectivity index (χ2n) is 5.29. The van der Waals surface area contributed by atoms with Crippen LogP contribution in [0.1, 0.15) is 40.9 Å². The van der Waals surface area contributed by atoms with Crippen LogP contribution in [0.25, 0.3) is 0 Å². The maximum absolute atomic E-state index is 12.8. The monoisotopic (exact) mass is 337 g/mol. The molecule has 0 saturated carbocycles. The van der Waals surface area contributed by atoms with Crippen molar-refractivity contribution in [2.75, 3.05) is 7.11 Å². The fraction of sp³-hybridized carbons (Fsp3) is 0.278. The van der Waals surface area contributed by atoms with Gasteiger partial charge in [-0.25, -0.2) is 0 Å². The van der Waals surface area contributed by atoms with E-state index in [2.05, 4.69) is 5.32 Å². The zero-order valence-corrected chi connectivity index (χ0v) is 13.4. The maximum atomic E-state index is 12.8. The van der Waals surface area contributed by atoms with Gasteiger partial charge in [0.1, 0.15) is 5.75 Å². The summed E-state index contributed by atoms with van der Waals surface area (Å²) in [7, 11) is 1.56. The van der Waals surface area contributed by atoms with Crippen molar-refractivity contribution < 1.29 is 22.7 Å². The number of carbonyl (C=O) groups is 1. The molecule has 0 aliphatic heterocycles. The fourth-order valence-electron chi connectivity index (χ4n) is 2.34. The third-order valence-corrected chi connectivity index (χ3v) is 3.68. The predicted molar refractivity (Wildman–Crippen MR) is 84.9 cm³/mol. The highest BCUT2D eigenvalue weighted by atomic mass is 19.4. The lowest BCUT2D eigenvalue weighted by molar-refractivity contribution is -0.137. The smallest absolute Gasteiger partial charge is 0.416 e. The number of carbonyl (C=O) groups excluding carboxylic acids is 1. The summed E-state index contributed by atoms with van der Waals surface area (Å²) in [5, 5.41) is 2.77. The van der Waals surface area contributed by atoms with E-state index in [1.165, 1.54) is 12.1 Å². The number of hydrogen-bond donors (Lipinski definition) is 1. The highest BCUT2D eigenvalue weighted by Gasteiger charge is 2.31. The van der Waals surface area contributed by atoms with Crippen molar-refractivity contribution >= 4 is 5.91 Å². The van der Waals surface area contributed by atoms with E-state index in [0.717, 1.165) is 17.7 Å². The standard InChI is InChI=1S/C18H18F3NO2/c1-3-16(12-7-9-15(24-2)10-8-12)22-17(23)13-5-4-6-14(11-13)18(19,20)21/h4-11,16H,3H2,1-2H3,(H,22,23). The Labute approximate surface area is 138 Å². The van der Waals surface area contributed by atoms with Gasteiger partial charge in [-0.15, -0.1) is 0 Å². The first kappa shape index (κ1) is 17.8. The number of ether oxygens (including phenoxy) is 1. The number of nitrogens with one attached hydrogen (secondary N) is 1. The van der Waals surface area contributed by atoms with Gasteiger partial charge in [-0.1, -0.05) is 25.1 Å². The van der Waals surface area contributed by atoms with E-state index in [1.807, 2.05) is 19.1 Å². The Morgan fingerprint density at radius 1 is 1.17 bits per heavy atom. The van der Waals surface area contributed by atoms with Gasteiger partial charge in [-0.3, -0.25) is 4.79 Å². The minimum absolute atomic E-state index is 0.0169. The quantitative estimate of drug-likeness (QED) is 0.866. The van der Waals surface area contributed by atoms with Crippen LogP contribution < -0.4 is 10.1 Å². The first-order chi connectivity index (χ1) is 11.3. The highest BCUT2D eigenvalue weighted by molar-refractivity contribution is 5.94. The molecular formula is C18H18F3NO2. The molecule has 1 amide bonds. The molecule has 0 bridgehead atoms. The van der Waals surface area contributed by atoms with Gasteiger partial charge in [-0.2, -0.15) is 13.2 Å². The largest absolute Gasteiger partial charge is 0.497 e. The third kappa shape index (κ3) is 4.28. The summed E-state index contributed by atoms with van der Waals surface area (Å²) in [6.07, 6.45) is -3.87. The molecule has 6 heteroatoms. The van der Waals surface area contributed by atoms with Crippen molar-refractivity contribution in [3.63, 3.8) is 0 Å². The van der Waals surface area contributed by atoms with E-state index >= 15 is 0 Å². The van der Waals surface area contributed by atoms with Crippen molar-refractivity contribution in [2.24, 2.45) is 0 Å². The van der Waals surface area contributed by atoms with Crippen molar-refractivity contribution in [1.82, 2.24) is 5.32 Å². The molecule has 2 rings (SSSR count). The van der Waals surface area contributed by atoms with Crippen LogP contribution in [0, 0.1) is 0 Å². The van der Waals surface area contributed by atoms with Crippen LogP contribution in [0.2, 0.25) is 0 Å². The average Bonchev–Trinajstić information content (AvgIpc) is 2.59. The van der Waals surface area contributed by atoms with Crippen molar-refractivity contribution in [1.29, 1.82) is 0 Å². The van der Waals surface area contributed by atoms with Crippen molar-refractivity contribution in [3.8, 4) is 5.75 Å². The Kier molecular flexibility index (Phi) is 5.49. The van der Waals surface area contributed by atoms with Gasteiger partial charge in [0.05, 0.1) is 18.7 Å². The maximum Gasteiger partial charge on any atom is 0.416 e. The first-order valence-corrected chi connectivity index (χ1v) is 7.47. The molecule has 0 spiro atoms. The number of amides is 1. The summed E-state index contributed by atoms with van der Waals surface area (Å²) in [4.78, 5) is 12.3. The second-order valence-corrected chi connectivity index (χ2v) is 5.29.